The Hall–Kier alpha value is -0.750. The van der Waals surface area contributed by atoms with Crippen LogP contribution >= 0.6 is 27.3 Å². The van der Waals surface area contributed by atoms with Crippen LogP contribution in [0.2, 0.25) is 0 Å². The summed E-state index contributed by atoms with van der Waals surface area (Å²) >= 11 is 5.19. The zero-order chi connectivity index (χ0) is 14.4. The first-order chi connectivity index (χ1) is 9.69. The maximum atomic E-state index is 13.1. The topological polar surface area (TPSA) is 38.0 Å². The highest BCUT2D eigenvalue weighted by Crippen LogP contribution is 2.21. The minimum atomic E-state index is -0.226. The average Bonchev–Trinajstić information content (AvgIpc) is 2.93. The number of nitrogens with one attached hydrogen (secondary N) is 1. The van der Waals surface area contributed by atoms with E-state index in [-0.39, 0.29) is 11.9 Å². The summed E-state index contributed by atoms with van der Waals surface area (Å²) in [6.45, 7) is 0. The third-order valence-electron chi connectivity index (χ3n) is 3.27. The fraction of sp³-hybridized carbons (Fsp3) is 0.333. The first-order valence-corrected chi connectivity index (χ1v) is 8.28. The maximum absolute atomic E-state index is 13.1. The molecule has 2 nitrogen and oxygen atoms in total. The van der Waals surface area contributed by atoms with Crippen LogP contribution in [0.15, 0.2) is 40.2 Å². The average molecular weight is 357 g/mol. The number of hydrogen-bond acceptors (Lipinski definition) is 3. The van der Waals surface area contributed by atoms with Gasteiger partial charge < -0.3 is 0 Å². The third kappa shape index (κ3) is 4.66. The molecule has 0 spiro atoms. The van der Waals surface area contributed by atoms with Crippen molar-refractivity contribution < 1.29 is 4.39 Å². The van der Waals surface area contributed by atoms with E-state index in [0.717, 1.165) is 35.7 Å². The van der Waals surface area contributed by atoms with Gasteiger partial charge in [-0.1, -0.05) is 28.1 Å². The Labute approximate surface area is 131 Å². The van der Waals surface area contributed by atoms with Gasteiger partial charge in [-0.25, -0.2) is 4.39 Å². The van der Waals surface area contributed by atoms with Crippen LogP contribution in [0.3, 0.4) is 0 Å². The largest absolute Gasteiger partial charge is 0.271 e. The minimum absolute atomic E-state index is 0.205. The highest BCUT2D eigenvalue weighted by Gasteiger charge is 2.10. The number of thiophene rings is 1. The lowest BCUT2D eigenvalue weighted by Crippen LogP contribution is -2.36. The number of aryl methyl sites for hydroxylation is 1. The van der Waals surface area contributed by atoms with Crippen LogP contribution in [-0.4, -0.2) is 6.04 Å². The Morgan fingerprint density at radius 3 is 2.85 bits per heavy atom. The zero-order valence-electron chi connectivity index (χ0n) is 11.1. The van der Waals surface area contributed by atoms with E-state index in [1.807, 2.05) is 6.07 Å². The Bertz CT molecular complexity index is 531. The lowest BCUT2D eigenvalue weighted by Gasteiger charge is -2.16. The molecular weight excluding hydrogens is 339 g/mol. The molecule has 5 heteroatoms. The Balaban J connectivity index is 1.85. The molecule has 0 aliphatic heterocycles. The number of benzene rings is 1. The highest BCUT2D eigenvalue weighted by atomic mass is 79.9. The van der Waals surface area contributed by atoms with Crippen molar-refractivity contribution in [3.8, 4) is 0 Å². The third-order valence-corrected chi connectivity index (χ3v) is 4.95. The summed E-state index contributed by atoms with van der Waals surface area (Å²) in [6.07, 6.45) is 3.97. The number of hydrogen-bond donors (Lipinski definition) is 2. The second-order valence-corrected chi connectivity index (χ2v) is 6.66. The molecule has 20 heavy (non-hydrogen) atoms. The lowest BCUT2D eigenvalue weighted by molar-refractivity contribution is 0.476. The Morgan fingerprint density at radius 1 is 1.35 bits per heavy atom. The monoisotopic (exact) mass is 356 g/mol. The van der Waals surface area contributed by atoms with Crippen molar-refractivity contribution in [1.29, 1.82) is 0 Å². The van der Waals surface area contributed by atoms with Crippen molar-refractivity contribution in [1.82, 2.24) is 5.43 Å². The van der Waals surface area contributed by atoms with Crippen LogP contribution < -0.4 is 11.3 Å². The van der Waals surface area contributed by atoms with E-state index in [1.54, 1.807) is 11.3 Å². The SMILES string of the molecule is NNC(CCCc1cccs1)Cc1ccc(F)cc1Br. The lowest BCUT2D eigenvalue weighted by atomic mass is 10.0. The van der Waals surface area contributed by atoms with Gasteiger partial charge in [0, 0.05) is 15.4 Å². The molecule has 0 saturated heterocycles. The van der Waals surface area contributed by atoms with Gasteiger partial charge in [-0.2, -0.15) is 0 Å². The van der Waals surface area contributed by atoms with Crippen LogP contribution in [-0.2, 0) is 12.8 Å². The van der Waals surface area contributed by atoms with Crippen LogP contribution in [0.4, 0.5) is 4.39 Å². The van der Waals surface area contributed by atoms with Gasteiger partial charge in [-0.15, -0.1) is 11.3 Å². The van der Waals surface area contributed by atoms with Crippen molar-refractivity contribution in [3.63, 3.8) is 0 Å². The van der Waals surface area contributed by atoms with Crippen molar-refractivity contribution in [2.24, 2.45) is 5.84 Å². The molecule has 0 radical (unpaired) electrons. The molecule has 2 aromatic rings. The quantitative estimate of drug-likeness (QED) is 0.580. The van der Waals surface area contributed by atoms with Gasteiger partial charge in [-0.3, -0.25) is 11.3 Å². The van der Waals surface area contributed by atoms with Gasteiger partial charge >= 0.3 is 0 Å². The molecule has 0 amide bonds. The molecule has 2 rings (SSSR count). The second-order valence-electron chi connectivity index (χ2n) is 4.78. The molecule has 0 fully saturated rings. The highest BCUT2D eigenvalue weighted by molar-refractivity contribution is 9.10. The molecule has 1 heterocycles. The summed E-state index contributed by atoms with van der Waals surface area (Å²) in [7, 11) is 0. The van der Waals surface area contributed by atoms with E-state index in [4.69, 9.17) is 5.84 Å². The molecule has 108 valence electrons. The van der Waals surface area contributed by atoms with Crippen molar-refractivity contribution in [2.45, 2.75) is 31.7 Å². The van der Waals surface area contributed by atoms with E-state index in [9.17, 15) is 4.39 Å². The fourth-order valence-corrected chi connectivity index (χ4v) is 3.44. The molecular formula is C15H18BrFN2S. The van der Waals surface area contributed by atoms with Crippen molar-refractivity contribution in [3.05, 3.63) is 56.4 Å². The second kappa shape index (κ2) is 7.88. The van der Waals surface area contributed by atoms with E-state index in [0.29, 0.717) is 0 Å². The van der Waals surface area contributed by atoms with E-state index >= 15 is 0 Å². The molecule has 0 saturated carbocycles. The summed E-state index contributed by atoms with van der Waals surface area (Å²) in [5, 5.41) is 2.10. The van der Waals surface area contributed by atoms with Gasteiger partial charge in [0.25, 0.3) is 0 Å². The molecule has 1 aromatic heterocycles. The summed E-state index contributed by atoms with van der Waals surface area (Å²) < 4.78 is 13.9. The van der Waals surface area contributed by atoms with Gasteiger partial charge in [0.1, 0.15) is 5.82 Å². The van der Waals surface area contributed by atoms with E-state index in [2.05, 4.69) is 38.9 Å². The van der Waals surface area contributed by atoms with Gasteiger partial charge in [0.05, 0.1) is 0 Å². The van der Waals surface area contributed by atoms with E-state index in [1.165, 1.54) is 17.0 Å². The van der Waals surface area contributed by atoms with Gasteiger partial charge in [0.2, 0.25) is 0 Å². The molecule has 1 atom stereocenters. The maximum Gasteiger partial charge on any atom is 0.124 e. The molecule has 0 bridgehead atoms. The van der Waals surface area contributed by atoms with Crippen LogP contribution in [0.5, 0.6) is 0 Å². The molecule has 0 aliphatic carbocycles. The fourth-order valence-electron chi connectivity index (χ4n) is 2.17. The molecule has 1 unspecified atom stereocenters. The van der Waals surface area contributed by atoms with Gasteiger partial charge in [-0.05, 0) is 54.8 Å². The van der Waals surface area contributed by atoms with Crippen LogP contribution in [0.1, 0.15) is 23.3 Å². The standard InChI is InChI=1S/C15H18BrFN2S/c16-15-10-12(17)7-6-11(15)9-13(19-18)3-1-4-14-5-2-8-20-14/h2,5-8,10,13,19H,1,3-4,9,18H2. The number of nitrogens with two attached hydrogens (primary N) is 1. The number of halogens is 2. The summed E-state index contributed by atoms with van der Waals surface area (Å²) in [5.41, 5.74) is 3.94. The first-order valence-electron chi connectivity index (χ1n) is 6.61. The predicted molar refractivity (Wildman–Crippen MR) is 86.2 cm³/mol. The predicted octanol–water partition coefficient (Wildman–Crippen LogP) is 4.05. The van der Waals surface area contributed by atoms with E-state index < -0.39 is 0 Å². The van der Waals surface area contributed by atoms with Crippen molar-refractivity contribution >= 4 is 27.3 Å². The van der Waals surface area contributed by atoms with Crippen molar-refractivity contribution in [2.75, 3.05) is 0 Å². The first kappa shape index (κ1) is 15.6. The normalized spacial score (nSPS) is 12.6. The molecule has 3 N–H and O–H groups in total. The minimum Gasteiger partial charge on any atom is -0.271 e. The number of hydrazine groups is 1. The smallest absolute Gasteiger partial charge is 0.124 e. The summed E-state index contributed by atoms with van der Waals surface area (Å²) in [5.74, 6) is 5.40. The number of rotatable bonds is 7. The Morgan fingerprint density at radius 2 is 2.20 bits per heavy atom. The molecule has 1 aromatic carbocycles. The van der Waals surface area contributed by atoms with Crippen LogP contribution in [0, 0.1) is 5.82 Å². The Kier molecular flexibility index (Phi) is 6.16. The summed E-state index contributed by atoms with van der Waals surface area (Å²) in [4.78, 5) is 1.41. The van der Waals surface area contributed by atoms with Crippen LogP contribution in [0.25, 0.3) is 0 Å². The zero-order valence-corrected chi connectivity index (χ0v) is 13.5. The summed E-state index contributed by atoms with van der Waals surface area (Å²) in [6, 6.07) is 9.23. The molecule has 0 aliphatic rings. The van der Waals surface area contributed by atoms with Gasteiger partial charge in [0.15, 0.2) is 0 Å².